The number of amides is 1. The molecule has 2 atom stereocenters. The fourth-order valence-electron chi connectivity index (χ4n) is 3.53. The van der Waals surface area contributed by atoms with E-state index in [1.54, 1.807) is 11.9 Å². The fourth-order valence-corrected chi connectivity index (χ4v) is 3.53. The van der Waals surface area contributed by atoms with Crippen LogP contribution >= 0.6 is 0 Å². The van der Waals surface area contributed by atoms with E-state index in [2.05, 4.69) is 0 Å². The van der Waals surface area contributed by atoms with E-state index in [1.165, 1.54) is 0 Å². The number of likely N-dealkylation sites (tertiary alicyclic amines) is 1. The van der Waals surface area contributed by atoms with Crippen LogP contribution in [0.3, 0.4) is 0 Å². The molecular formula is C24H29N3O4. The predicted molar refractivity (Wildman–Crippen MR) is 119 cm³/mol. The van der Waals surface area contributed by atoms with Gasteiger partial charge in [0.2, 0.25) is 5.91 Å². The molecule has 0 radical (unpaired) electrons. The van der Waals surface area contributed by atoms with E-state index < -0.39 is 11.9 Å². The molecule has 3 N–H and O–H groups in total. The first-order valence-electron chi connectivity index (χ1n) is 10.5. The third kappa shape index (κ3) is 5.42. The number of esters is 1. The number of carbonyl (C=O) groups is 2. The van der Waals surface area contributed by atoms with Crippen LogP contribution in [-0.4, -0.2) is 48.9 Å². The highest BCUT2D eigenvalue weighted by Gasteiger charge is 2.42. The SMILES string of the molecule is CCCCOC(=O)[C@H]1C[C@@H](COc2ccc(-c3ccc(C(=N)N)cc3)cc2)N(C)C1=O. The molecule has 0 aromatic heterocycles. The standard InChI is InChI=1S/C24H29N3O4/c1-3-4-13-30-24(29)21-14-19(27(2)23(21)28)15-31-20-11-9-17(10-12-20)16-5-7-18(8-6-16)22(25)26/h5-12,19,21H,3-4,13-15H2,1-2H3,(H3,25,26)/t19-,21-/m0/s1. The van der Waals surface area contributed by atoms with Crippen LogP contribution in [0.15, 0.2) is 48.5 Å². The van der Waals surface area contributed by atoms with E-state index >= 15 is 0 Å². The number of nitrogens with two attached hydrogens (primary N) is 1. The Balaban J connectivity index is 1.55. The summed E-state index contributed by atoms with van der Waals surface area (Å²) in [6.45, 7) is 2.69. The Morgan fingerprint density at radius 2 is 1.74 bits per heavy atom. The summed E-state index contributed by atoms with van der Waals surface area (Å²) in [6, 6.07) is 15.0. The molecule has 0 bridgehead atoms. The van der Waals surface area contributed by atoms with Gasteiger partial charge in [0.15, 0.2) is 0 Å². The lowest BCUT2D eigenvalue weighted by Crippen LogP contribution is -2.34. The molecule has 1 amide bonds. The van der Waals surface area contributed by atoms with Gasteiger partial charge in [-0.3, -0.25) is 15.0 Å². The normalized spacial score (nSPS) is 18.1. The van der Waals surface area contributed by atoms with Gasteiger partial charge in [-0.25, -0.2) is 0 Å². The highest BCUT2D eigenvalue weighted by molar-refractivity contribution is 5.99. The van der Waals surface area contributed by atoms with E-state index in [0.29, 0.717) is 30.9 Å². The summed E-state index contributed by atoms with van der Waals surface area (Å²) in [7, 11) is 1.70. The molecule has 164 valence electrons. The van der Waals surface area contributed by atoms with Crippen molar-refractivity contribution in [1.82, 2.24) is 4.90 Å². The number of hydrogen-bond donors (Lipinski definition) is 2. The monoisotopic (exact) mass is 423 g/mol. The largest absolute Gasteiger partial charge is 0.491 e. The smallest absolute Gasteiger partial charge is 0.318 e. The van der Waals surface area contributed by atoms with E-state index in [1.807, 2.05) is 55.5 Å². The number of nitrogens with one attached hydrogen (secondary N) is 1. The third-order valence-corrected chi connectivity index (χ3v) is 5.55. The minimum atomic E-state index is -0.740. The van der Waals surface area contributed by atoms with Gasteiger partial charge in [0.1, 0.15) is 24.1 Å². The number of likely N-dealkylation sites (N-methyl/N-ethyl adjacent to an activating group) is 1. The van der Waals surface area contributed by atoms with Crippen molar-refractivity contribution in [3.8, 4) is 16.9 Å². The molecule has 7 nitrogen and oxygen atoms in total. The van der Waals surface area contributed by atoms with Crippen molar-refractivity contribution in [2.75, 3.05) is 20.3 Å². The highest BCUT2D eigenvalue weighted by Crippen LogP contribution is 2.27. The van der Waals surface area contributed by atoms with E-state index in [-0.39, 0.29) is 17.8 Å². The zero-order chi connectivity index (χ0) is 22.4. The van der Waals surface area contributed by atoms with Gasteiger partial charge in [-0.05, 0) is 36.1 Å². The zero-order valence-corrected chi connectivity index (χ0v) is 18.0. The Kier molecular flexibility index (Phi) is 7.28. The van der Waals surface area contributed by atoms with E-state index in [4.69, 9.17) is 20.6 Å². The van der Waals surface area contributed by atoms with Gasteiger partial charge in [0.05, 0.1) is 12.6 Å². The van der Waals surface area contributed by atoms with Gasteiger partial charge >= 0.3 is 5.97 Å². The molecule has 31 heavy (non-hydrogen) atoms. The maximum Gasteiger partial charge on any atom is 0.318 e. The number of unbranched alkanes of at least 4 members (excludes halogenated alkanes) is 1. The lowest BCUT2D eigenvalue weighted by molar-refractivity contribution is -0.152. The Morgan fingerprint density at radius 3 is 2.32 bits per heavy atom. The summed E-state index contributed by atoms with van der Waals surface area (Å²) in [6.07, 6.45) is 2.14. The maximum atomic E-state index is 12.4. The predicted octanol–water partition coefficient (Wildman–Crippen LogP) is 3.21. The van der Waals surface area contributed by atoms with Crippen LogP contribution in [0.1, 0.15) is 31.7 Å². The quantitative estimate of drug-likeness (QED) is 0.212. The van der Waals surface area contributed by atoms with Gasteiger partial charge in [0.25, 0.3) is 0 Å². The molecule has 1 heterocycles. The van der Waals surface area contributed by atoms with Crippen LogP contribution in [0.5, 0.6) is 5.75 Å². The number of nitrogen functional groups attached to an aromatic ring is 1. The van der Waals surface area contributed by atoms with Crippen molar-refractivity contribution in [3.63, 3.8) is 0 Å². The summed E-state index contributed by atoms with van der Waals surface area (Å²) in [5.74, 6) is -0.649. The van der Waals surface area contributed by atoms with Gasteiger partial charge in [-0.1, -0.05) is 49.7 Å². The first-order valence-corrected chi connectivity index (χ1v) is 10.5. The van der Waals surface area contributed by atoms with Crippen molar-refractivity contribution < 1.29 is 19.1 Å². The minimum absolute atomic E-state index is 0.0436. The lowest BCUT2D eigenvalue weighted by atomic mass is 10.0. The first-order chi connectivity index (χ1) is 14.9. The maximum absolute atomic E-state index is 12.4. The molecule has 1 saturated heterocycles. The van der Waals surface area contributed by atoms with Crippen molar-refractivity contribution >= 4 is 17.7 Å². The van der Waals surface area contributed by atoms with Crippen LogP contribution in [0.4, 0.5) is 0 Å². The number of rotatable bonds is 9. The summed E-state index contributed by atoms with van der Waals surface area (Å²) in [4.78, 5) is 26.2. The molecule has 7 heteroatoms. The first kappa shape index (κ1) is 22.3. The molecule has 0 spiro atoms. The summed E-state index contributed by atoms with van der Waals surface area (Å²) in [5.41, 5.74) is 8.22. The van der Waals surface area contributed by atoms with Crippen molar-refractivity contribution in [2.45, 2.75) is 32.2 Å². The number of carbonyl (C=O) groups excluding carboxylic acids is 2. The number of amidine groups is 1. The molecular weight excluding hydrogens is 394 g/mol. The molecule has 1 aliphatic heterocycles. The van der Waals surface area contributed by atoms with Crippen LogP contribution in [0, 0.1) is 11.3 Å². The molecule has 2 aromatic carbocycles. The highest BCUT2D eigenvalue weighted by atomic mass is 16.5. The van der Waals surface area contributed by atoms with Crippen LogP contribution < -0.4 is 10.5 Å². The van der Waals surface area contributed by atoms with E-state index in [9.17, 15) is 9.59 Å². The Hall–Kier alpha value is -3.35. The van der Waals surface area contributed by atoms with Crippen LogP contribution in [-0.2, 0) is 14.3 Å². The fraction of sp³-hybridized carbons (Fsp3) is 0.375. The van der Waals surface area contributed by atoms with Gasteiger partial charge < -0.3 is 20.1 Å². The van der Waals surface area contributed by atoms with Crippen LogP contribution in [0.25, 0.3) is 11.1 Å². The van der Waals surface area contributed by atoms with Gasteiger partial charge in [0, 0.05) is 12.6 Å². The van der Waals surface area contributed by atoms with Crippen LogP contribution in [0.2, 0.25) is 0 Å². The Labute approximate surface area is 182 Å². The second kappa shape index (κ2) is 10.1. The summed E-state index contributed by atoms with van der Waals surface area (Å²) >= 11 is 0. The number of nitrogens with zero attached hydrogens (tertiary/aromatic N) is 1. The lowest BCUT2D eigenvalue weighted by Gasteiger charge is -2.20. The zero-order valence-electron chi connectivity index (χ0n) is 18.0. The Bertz CT molecular complexity index is 925. The number of hydrogen-bond acceptors (Lipinski definition) is 5. The number of benzene rings is 2. The van der Waals surface area contributed by atoms with Crippen molar-refractivity contribution in [2.24, 2.45) is 11.7 Å². The van der Waals surface area contributed by atoms with Crippen molar-refractivity contribution in [3.05, 3.63) is 54.1 Å². The third-order valence-electron chi connectivity index (χ3n) is 5.55. The van der Waals surface area contributed by atoms with Gasteiger partial charge in [-0.2, -0.15) is 0 Å². The average Bonchev–Trinajstić information content (AvgIpc) is 3.07. The minimum Gasteiger partial charge on any atom is -0.491 e. The molecule has 0 aliphatic carbocycles. The molecule has 0 saturated carbocycles. The van der Waals surface area contributed by atoms with E-state index in [0.717, 1.165) is 24.0 Å². The number of ether oxygens (including phenoxy) is 2. The molecule has 3 rings (SSSR count). The molecule has 1 fully saturated rings. The van der Waals surface area contributed by atoms with Crippen molar-refractivity contribution in [1.29, 1.82) is 5.41 Å². The van der Waals surface area contributed by atoms with Gasteiger partial charge in [-0.15, -0.1) is 0 Å². The summed E-state index contributed by atoms with van der Waals surface area (Å²) < 4.78 is 11.1. The second-order valence-corrected chi connectivity index (χ2v) is 7.74. The molecule has 1 aliphatic rings. The molecule has 0 unspecified atom stereocenters. The second-order valence-electron chi connectivity index (χ2n) is 7.74. The average molecular weight is 424 g/mol. The molecule has 2 aromatic rings. The Morgan fingerprint density at radius 1 is 1.13 bits per heavy atom. The topological polar surface area (TPSA) is 106 Å². The summed E-state index contributed by atoms with van der Waals surface area (Å²) in [5, 5.41) is 7.47.